The topological polar surface area (TPSA) is 103 Å². The Morgan fingerprint density at radius 3 is 2.44 bits per heavy atom. The van der Waals surface area contributed by atoms with E-state index >= 15 is 0 Å². The van der Waals surface area contributed by atoms with Gasteiger partial charge in [-0.25, -0.2) is 9.78 Å². The summed E-state index contributed by atoms with van der Waals surface area (Å²) in [4.78, 5) is 28.0. The molecule has 2 aromatic carbocycles. The average Bonchev–Trinajstić information content (AvgIpc) is 3.19. The molecule has 0 aliphatic carbocycles. The van der Waals surface area contributed by atoms with Gasteiger partial charge in [0.25, 0.3) is 0 Å². The Kier molecular flexibility index (Phi) is 6.75. The lowest BCUT2D eigenvalue weighted by Crippen LogP contribution is -2.12. The Labute approximate surface area is 201 Å². The number of carbonyl (C=O) groups is 2. The first-order valence-corrected chi connectivity index (χ1v) is 10.9. The Morgan fingerprint density at radius 2 is 1.74 bits per heavy atom. The van der Waals surface area contributed by atoms with Gasteiger partial charge in [-0.15, -0.1) is 0 Å². The SMILES string of the molecule is Cc1noc(-c2ccc(-c3cccc(C(=O)O)n3)cc2)c1CC(=O)OC(C)c1ccccc1Cl. The minimum absolute atomic E-state index is 0.0105. The summed E-state index contributed by atoms with van der Waals surface area (Å²) in [5, 5.41) is 13.7. The van der Waals surface area contributed by atoms with Crippen molar-refractivity contribution in [2.45, 2.75) is 26.4 Å². The van der Waals surface area contributed by atoms with Crippen molar-refractivity contribution in [2.75, 3.05) is 0 Å². The zero-order chi connectivity index (χ0) is 24.2. The first-order valence-electron chi connectivity index (χ1n) is 10.5. The molecule has 8 heteroatoms. The zero-order valence-electron chi connectivity index (χ0n) is 18.5. The molecule has 0 saturated carbocycles. The molecule has 2 aromatic heterocycles. The summed E-state index contributed by atoms with van der Waals surface area (Å²) in [6.45, 7) is 3.54. The Bertz CT molecular complexity index is 1350. The van der Waals surface area contributed by atoms with E-state index in [-0.39, 0.29) is 12.1 Å². The van der Waals surface area contributed by atoms with Gasteiger partial charge in [0.15, 0.2) is 5.76 Å². The van der Waals surface area contributed by atoms with Gasteiger partial charge in [0.05, 0.1) is 17.8 Å². The molecule has 0 fully saturated rings. The van der Waals surface area contributed by atoms with Crippen LogP contribution in [0.3, 0.4) is 0 Å². The van der Waals surface area contributed by atoms with Gasteiger partial charge in [-0.05, 0) is 32.0 Å². The second kappa shape index (κ2) is 9.89. The van der Waals surface area contributed by atoms with Crippen LogP contribution in [0.5, 0.6) is 0 Å². The maximum Gasteiger partial charge on any atom is 0.354 e. The highest BCUT2D eigenvalue weighted by Gasteiger charge is 2.21. The first kappa shape index (κ1) is 23.2. The van der Waals surface area contributed by atoms with Gasteiger partial charge < -0.3 is 14.4 Å². The van der Waals surface area contributed by atoms with Gasteiger partial charge in [-0.1, -0.05) is 65.3 Å². The van der Waals surface area contributed by atoms with Gasteiger partial charge in [-0.3, -0.25) is 4.79 Å². The van der Waals surface area contributed by atoms with Crippen LogP contribution >= 0.6 is 11.6 Å². The maximum absolute atomic E-state index is 12.7. The number of aromatic nitrogens is 2. The molecule has 0 radical (unpaired) electrons. The smallest absolute Gasteiger partial charge is 0.354 e. The summed E-state index contributed by atoms with van der Waals surface area (Å²) in [5.74, 6) is -1.04. The largest absolute Gasteiger partial charge is 0.477 e. The Hall–Kier alpha value is -3.97. The molecule has 0 spiro atoms. The zero-order valence-corrected chi connectivity index (χ0v) is 19.2. The maximum atomic E-state index is 12.7. The third-order valence-corrected chi connectivity index (χ3v) is 5.71. The number of aryl methyl sites for hydroxylation is 1. The van der Waals surface area contributed by atoms with Crippen molar-refractivity contribution in [3.05, 3.63) is 94.3 Å². The van der Waals surface area contributed by atoms with E-state index in [4.69, 9.17) is 26.0 Å². The van der Waals surface area contributed by atoms with E-state index < -0.39 is 18.0 Å². The molecular formula is C26H21ClN2O5. The third-order valence-electron chi connectivity index (χ3n) is 5.37. The summed E-state index contributed by atoms with van der Waals surface area (Å²) >= 11 is 6.21. The minimum atomic E-state index is -1.09. The third kappa shape index (κ3) is 5.00. The number of carboxylic acid groups (broad SMARTS) is 1. The fourth-order valence-corrected chi connectivity index (χ4v) is 3.87. The number of ether oxygens (including phenoxy) is 1. The van der Waals surface area contributed by atoms with Crippen molar-refractivity contribution in [3.63, 3.8) is 0 Å². The summed E-state index contributed by atoms with van der Waals surface area (Å²) in [7, 11) is 0. The molecule has 1 atom stereocenters. The van der Waals surface area contributed by atoms with E-state index in [1.54, 1.807) is 32.0 Å². The van der Waals surface area contributed by atoms with Crippen molar-refractivity contribution < 1.29 is 24.0 Å². The van der Waals surface area contributed by atoms with Crippen molar-refractivity contribution in [2.24, 2.45) is 0 Å². The molecule has 0 aliphatic rings. The van der Waals surface area contributed by atoms with Crippen LogP contribution < -0.4 is 0 Å². The molecule has 1 N–H and O–H groups in total. The lowest BCUT2D eigenvalue weighted by Gasteiger charge is -2.15. The predicted molar refractivity (Wildman–Crippen MR) is 127 cm³/mol. The lowest BCUT2D eigenvalue weighted by atomic mass is 10.0. The highest BCUT2D eigenvalue weighted by atomic mass is 35.5. The number of carboxylic acids is 1. The van der Waals surface area contributed by atoms with Crippen molar-refractivity contribution in [1.82, 2.24) is 10.1 Å². The van der Waals surface area contributed by atoms with E-state index in [1.807, 2.05) is 42.5 Å². The average molecular weight is 477 g/mol. The van der Waals surface area contributed by atoms with Gasteiger partial charge >= 0.3 is 11.9 Å². The molecule has 0 bridgehead atoms. The number of rotatable bonds is 7. The number of hydrogen-bond acceptors (Lipinski definition) is 6. The molecular weight excluding hydrogens is 456 g/mol. The number of halogens is 1. The highest BCUT2D eigenvalue weighted by Crippen LogP contribution is 2.30. The van der Waals surface area contributed by atoms with Crippen LogP contribution in [0.25, 0.3) is 22.6 Å². The van der Waals surface area contributed by atoms with Crippen molar-refractivity contribution in [1.29, 1.82) is 0 Å². The van der Waals surface area contributed by atoms with Gasteiger partial charge in [0.1, 0.15) is 11.8 Å². The van der Waals surface area contributed by atoms with E-state index in [0.29, 0.717) is 27.7 Å². The summed E-state index contributed by atoms with van der Waals surface area (Å²) in [6, 6.07) is 19.3. The van der Waals surface area contributed by atoms with Crippen LogP contribution in [0, 0.1) is 6.92 Å². The van der Waals surface area contributed by atoms with Crippen molar-refractivity contribution >= 4 is 23.5 Å². The Morgan fingerprint density at radius 1 is 1.03 bits per heavy atom. The predicted octanol–water partition coefficient (Wildman–Crippen LogP) is 5.91. The molecule has 34 heavy (non-hydrogen) atoms. The molecule has 1 unspecified atom stereocenters. The van der Waals surface area contributed by atoms with Crippen LogP contribution in [0.4, 0.5) is 0 Å². The molecule has 0 amide bonds. The van der Waals surface area contributed by atoms with E-state index in [1.165, 1.54) is 6.07 Å². The van der Waals surface area contributed by atoms with Gasteiger partial charge in [0.2, 0.25) is 0 Å². The molecule has 0 aliphatic heterocycles. The van der Waals surface area contributed by atoms with E-state index in [9.17, 15) is 9.59 Å². The summed E-state index contributed by atoms with van der Waals surface area (Å²) in [6.07, 6.45) is -0.512. The van der Waals surface area contributed by atoms with E-state index in [0.717, 1.165) is 16.7 Å². The number of carbonyl (C=O) groups excluding carboxylic acids is 1. The fourth-order valence-electron chi connectivity index (χ4n) is 3.58. The number of hydrogen-bond donors (Lipinski definition) is 1. The monoisotopic (exact) mass is 476 g/mol. The van der Waals surface area contributed by atoms with Gasteiger partial charge in [-0.2, -0.15) is 0 Å². The molecule has 2 heterocycles. The second-order valence-electron chi connectivity index (χ2n) is 7.70. The van der Waals surface area contributed by atoms with Crippen LogP contribution in [0.15, 0.2) is 71.3 Å². The molecule has 4 aromatic rings. The van der Waals surface area contributed by atoms with Crippen LogP contribution in [0.2, 0.25) is 5.02 Å². The quantitative estimate of drug-likeness (QED) is 0.331. The normalized spacial score (nSPS) is 11.7. The molecule has 7 nitrogen and oxygen atoms in total. The Balaban J connectivity index is 1.52. The number of aromatic carboxylic acids is 1. The fraction of sp³-hybridized carbons (Fsp3) is 0.154. The number of benzene rings is 2. The molecule has 0 saturated heterocycles. The first-order chi connectivity index (χ1) is 16.3. The second-order valence-corrected chi connectivity index (χ2v) is 8.10. The summed E-state index contributed by atoms with van der Waals surface area (Å²) in [5.41, 5.74) is 3.94. The van der Waals surface area contributed by atoms with Gasteiger partial charge in [0, 0.05) is 27.3 Å². The number of pyridine rings is 1. The number of nitrogens with zero attached hydrogens (tertiary/aromatic N) is 2. The standard InChI is InChI=1S/C26H21ClN2O5/c1-15-20(14-24(30)33-16(2)19-6-3-4-7-21(19)27)25(34-29-15)18-12-10-17(11-13-18)22-8-5-9-23(28-22)26(31)32/h3-13,16H,14H2,1-2H3,(H,31,32). The van der Waals surface area contributed by atoms with E-state index in [2.05, 4.69) is 10.1 Å². The highest BCUT2D eigenvalue weighted by molar-refractivity contribution is 6.31. The van der Waals surface area contributed by atoms with Crippen LogP contribution in [-0.2, 0) is 16.0 Å². The lowest BCUT2D eigenvalue weighted by molar-refractivity contribution is -0.147. The molecule has 4 rings (SSSR count). The van der Waals surface area contributed by atoms with Crippen LogP contribution in [-0.4, -0.2) is 27.2 Å². The molecule has 172 valence electrons. The summed E-state index contributed by atoms with van der Waals surface area (Å²) < 4.78 is 11.1. The van der Waals surface area contributed by atoms with Crippen molar-refractivity contribution in [3.8, 4) is 22.6 Å². The minimum Gasteiger partial charge on any atom is -0.477 e. The number of esters is 1. The van der Waals surface area contributed by atoms with Crippen LogP contribution in [0.1, 0.15) is 40.3 Å².